The second kappa shape index (κ2) is 4.31. The summed E-state index contributed by atoms with van der Waals surface area (Å²) in [6, 6.07) is 2.33. The van der Waals surface area contributed by atoms with E-state index in [-0.39, 0.29) is 10.5 Å². The number of carbonyl (C=O) groups is 1. The zero-order valence-corrected chi connectivity index (χ0v) is 9.71. The van der Waals surface area contributed by atoms with Crippen molar-refractivity contribution in [2.24, 2.45) is 5.73 Å². The summed E-state index contributed by atoms with van der Waals surface area (Å²) in [5.41, 5.74) is 5.13. The zero-order valence-electron chi connectivity index (χ0n) is 8.90. The van der Waals surface area contributed by atoms with Crippen LogP contribution in [0.1, 0.15) is 17.3 Å². The first-order valence-corrected chi connectivity index (χ1v) is 6.42. The number of hydrogen-bond acceptors (Lipinski definition) is 4. The molecule has 6 heteroatoms. The largest absolute Gasteiger partial charge is 0.321 e. The van der Waals surface area contributed by atoms with Crippen LogP contribution in [0, 0.1) is 5.82 Å². The summed E-state index contributed by atoms with van der Waals surface area (Å²) in [7, 11) is -3.47. The lowest BCUT2D eigenvalue weighted by atomic mass is 10.1. The summed E-state index contributed by atoms with van der Waals surface area (Å²) in [5.74, 6) is -1.43. The van der Waals surface area contributed by atoms with Crippen LogP contribution in [0.25, 0.3) is 0 Å². The van der Waals surface area contributed by atoms with Gasteiger partial charge in [-0.05, 0) is 25.1 Å². The Kier molecular flexibility index (Phi) is 3.44. The van der Waals surface area contributed by atoms with Crippen LogP contribution in [0.15, 0.2) is 23.1 Å². The van der Waals surface area contributed by atoms with E-state index in [2.05, 4.69) is 0 Å². The minimum absolute atomic E-state index is 0.161. The molecule has 0 aliphatic rings. The average molecular weight is 245 g/mol. The molecule has 1 rings (SSSR count). The van der Waals surface area contributed by atoms with Crippen LogP contribution in [0.5, 0.6) is 0 Å². The van der Waals surface area contributed by atoms with E-state index in [0.717, 1.165) is 18.4 Å². The highest BCUT2D eigenvalue weighted by Crippen LogP contribution is 2.15. The smallest absolute Gasteiger partial charge is 0.182 e. The van der Waals surface area contributed by atoms with Crippen molar-refractivity contribution in [1.29, 1.82) is 0 Å². The summed E-state index contributed by atoms with van der Waals surface area (Å²) in [6.45, 7) is 1.44. The predicted molar refractivity (Wildman–Crippen MR) is 57.5 cm³/mol. The topological polar surface area (TPSA) is 77.2 Å². The highest BCUT2D eigenvalue weighted by molar-refractivity contribution is 7.90. The number of hydrogen-bond donors (Lipinski definition) is 1. The minimum Gasteiger partial charge on any atom is -0.321 e. The van der Waals surface area contributed by atoms with Gasteiger partial charge >= 0.3 is 0 Å². The van der Waals surface area contributed by atoms with Gasteiger partial charge in [-0.25, -0.2) is 12.8 Å². The Morgan fingerprint density at radius 3 is 2.38 bits per heavy atom. The van der Waals surface area contributed by atoms with Gasteiger partial charge in [-0.1, -0.05) is 0 Å². The Labute approximate surface area is 93.2 Å². The van der Waals surface area contributed by atoms with Crippen molar-refractivity contribution in [1.82, 2.24) is 0 Å². The van der Waals surface area contributed by atoms with Crippen LogP contribution in [0.3, 0.4) is 0 Å². The molecule has 0 saturated carbocycles. The van der Waals surface area contributed by atoms with Crippen LogP contribution in [-0.4, -0.2) is 26.5 Å². The molecule has 0 heterocycles. The molecule has 0 bridgehead atoms. The average Bonchev–Trinajstić information content (AvgIpc) is 2.15. The molecule has 16 heavy (non-hydrogen) atoms. The number of Topliss-reactive ketones (excluding diaryl/α,β-unsaturated/α-hetero) is 1. The van der Waals surface area contributed by atoms with Crippen LogP contribution in [0.2, 0.25) is 0 Å². The third-order valence-electron chi connectivity index (χ3n) is 2.05. The molecular weight excluding hydrogens is 233 g/mol. The van der Waals surface area contributed by atoms with Crippen molar-refractivity contribution < 1.29 is 17.6 Å². The maximum absolute atomic E-state index is 13.5. The van der Waals surface area contributed by atoms with Crippen LogP contribution in [-0.2, 0) is 9.84 Å². The number of halogens is 1. The standard InChI is InChI=1S/C10H12FNO3S/c1-6(12)10(13)8-4-3-7(5-9(8)11)16(2,14)15/h3-6H,12H2,1-2H3. The molecule has 1 aromatic rings. The number of nitrogens with two attached hydrogens (primary N) is 1. The fourth-order valence-electron chi connectivity index (χ4n) is 1.17. The van der Waals surface area contributed by atoms with E-state index in [0.29, 0.717) is 0 Å². The van der Waals surface area contributed by atoms with Gasteiger partial charge in [0.15, 0.2) is 15.6 Å². The maximum atomic E-state index is 13.5. The molecule has 0 amide bonds. The first-order valence-electron chi connectivity index (χ1n) is 4.53. The third kappa shape index (κ3) is 2.65. The van der Waals surface area contributed by atoms with Crippen molar-refractivity contribution in [2.45, 2.75) is 17.9 Å². The molecule has 0 fully saturated rings. The Bertz CT molecular complexity index is 523. The molecule has 1 unspecified atom stereocenters. The van der Waals surface area contributed by atoms with Crippen molar-refractivity contribution >= 4 is 15.6 Å². The van der Waals surface area contributed by atoms with Gasteiger partial charge in [0, 0.05) is 6.26 Å². The first kappa shape index (κ1) is 12.8. The molecule has 88 valence electrons. The molecule has 0 aromatic heterocycles. The molecule has 0 aliphatic carbocycles. The normalized spacial score (nSPS) is 13.5. The Hall–Kier alpha value is -1.27. The van der Waals surface area contributed by atoms with E-state index < -0.39 is 27.5 Å². The molecular formula is C10H12FNO3S. The van der Waals surface area contributed by atoms with Crippen LogP contribution in [0.4, 0.5) is 4.39 Å². The second-order valence-corrected chi connectivity index (χ2v) is 5.58. The van der Waals surface area contributed by atoms with Gasteiger partial charge in [0.25, 0.3) is 0 Å². The van der Waals surface area contributed by atoms with Crippen molar-refractivity contribution in [3.8, 4) is 0 Å². The van der Waals surface area contributed by atoms with Gasteiger partial charge in [0.2, 0.25) is 0 Å². The van der Waals surface area contributed by atoms with Crippen molar-refractivity contribution in [3.05, 3.63) is 29.6 Å². The highest BCUT2D eigenvalue weighted by Gasteiger charge is 2.17. The van der Waals surface area contributed by atoms with Gasteiger partial charge in [-0.15, -0.1) is 0 Å². The molecule has 4 nitrogen and oxygen atoms in total. The van der Waals surface area contributed by atoms with E-state index >= 15 is 0 Å². The fourth-order valence-corrected chi connectivity index (χ4v) is 1.80. The first-order chi connectivity index (χ1) is 7.23. The lowest BCUT2D eigenvalue weighted by Gasteiger charge is -2.06. The zero-order chi connectivity index (χ0) is 12.5. The molecule has 1 atom stereocenters. The number of sulfone groups is 1. The number of rotatable bonds is 3. The Morgan fingerprint density at radius 1 is 1.44 bits per heavy atom. The molecule has 1 aromatic carbocycles. The monoisotopic (exact) mass is 245 g/mol. The molecule has 0 radical (unpaired) electrons. The van der Waals surface area contributed by atoms with E-state index in [1.807, 2.05) is 0 Å². The fraction of sp³-hybridized carbons (Fsp3) is 0.300. The lowest BCUT2D eigenvalue weighted by molar-refractivity contribution is 0.0964. The van der Waals surface area contributed by atoms with E-state index in [1.165, 1.54) is 13.0 Å². The molecule has 2 N–H and O–H groups in total. The third-order valence-corrected chi connectivity index (χ3v) is 3.16. The predicted octanol–water partition coefficient (Wildman–Crippen LogP) is 0.759. The van der Waals surface area contributed by atoms with Gasteiger partial charge in [-0.3, -0.25) is 4.79 Å². The Morgan fingerprint density at radius 2 is 2.00 bits per heavy atom. The van der Waals surface area contributed by atoms with Crippen LogP contribution >= 0.6 is 0 Å². The lowest BCUT2D eigenvalue weighted by Crippen LogP contribution is -2.27. The SMILES string of the molecule is CC(N)C(=O)c1ccc(S(C)(=O)=O)cc1F. The van der Waals surface area contributed by atoms with Gasteiger partial charge in [0.1, 0.15) is 5.82 Å². The molecule has 0 aliphatic heterocycles. The van der Waals surface area contributed by atoms with Gasteiger partial charge in [0.05, 0.1) is 16.5 Å². The van der Waals surface area contributed by atoms with Crippen LogP contribution < -0.4 is 5.73 Å². The highest BCUT2D eigenvalue weighted by atomic mass is 32.2. The number of carbonyl (C=O) groups excluding carboxylic acids is 1. The van der Waals surface area contributed by atoms with E-state index in [1.54, 1.807) is 0 Å². The maximum Gasteiger partial charge on any atom is 0.182 e. The quantitative estimate of drug-likeness (QED) is 0.797. The second-order valence-electron chi connectivity index (χ2n) is 3.57. The minimum atomic E-state index is -3.47. The van der Waals surface area contributed by atoms with E-state index in [9.17, 15) is 17.6 Å². The summed E-state index contributed by atoms with van der Waals surface area (Å²) < 4.78 is 35.7. The summed E-state index contributed by atoms with van der Waals surface area (Å²) in [4.78, 5) is 11.3. The summed E-state index contributed by atoms with van der Waals surface area (Å²) in [6.07, 6.45) is 0.967. The Balaban J connectivity index is 3.26. The van der Waals surface area contributed by atoms with Crippen molar-refractivity contribution in [3.63, 3.8) is 0 Å². The number of benzene rings is 1. The van der Waals surface area contributed by atoms with Gasteiger partial charge in [-0.2, -0.15) is 0 Å². The van der Waals surface area contributed by atoms with Gasteiger partial charge < -0.3 is 5.73 Å². The number of ketones is 1. The summed E-state index contributed by atoms with van der Waals surface area (Å²) in [5, 5.41) is 0. The summed E-state index contributed by atoms with van der Waals surface area (Å²) >= 11 is 0. The molecule has 0 saturated heterocycles. The van der Waals surface area contributed by atoms with Crippen molar-refractivity contribution in [2.75, 3.05) is 6.26 Å². The molecule has 0 spiro atoms. The van der Waals surface area contributed by atoms with E-state index in [4.69, 9.17) is 5.73 Å².